The van der Waals surface area contributed by atoms with Gasteiger partial charge in [-0.2, -0.15) is 4.98 Å². The number of nitrogens with two attached hydrogens (primary N) is 1. The van der Waals surface area contributed by atoms with Crippen LogP contribution >= 0.6 is 0 Å². The van der Waals surface area contributed by atoms with Crippen molar-refractivity contribution in [3.8, 4) is 5.88 Å². The molecule has 1 aromatic carbocycles. The standard InChI is InChI=1S/C16H18FN3O/c1-10-2-6-14(12(17)8-10)19-15-7-5-13(18)16(20-15)21-9-11-3-4-11/h2,5-8,11H,3-4,9,18H2,1H3,(H,19,20). The predicted octanol–water partition coefficient (Wildman–Crippen LogP) is 3.64. The van der Waals surface area contributed by atoms with Crippen molar-refractivity contribution in [1.29, 1.82) is 0 Å². The molecule has 5 heteroatoms. The summed E-state index contributed by atoms with van der Waals surface area (Å²) in [5.41, 5.74) is 7.59. The van der Waals surface area contributed by atoms with Gasteiger partial charge in [0.2, 0.25) is 5.88 Å². The molecule has 1 aliphatic carbocycles. The van der Waals surface area contributed by atoms with Gasteiger partial charge in [-0.3, -0.25) is 0 Å². The molecular weight excluding hydrogens is 269 g/mol. The minimum atomic E-state index is -0.311. The van der Waals surface area contributed by atoms with Crippen LogP contribution in [0.15, 0.2) is 30.3 Å². The fourth-order valence-electron chi connectivity index (χ4n) is 1.98. The lowest BCUT2D eigenvalue weighted by Gasteiger charge is -2.11. The first kappa shape index (κ1) is 13.7. The summed E-state index contributed by atoms with van der Waals surface area (Å²) in [6.45, 7) is 2.48. The van der Waals surface area contributed by atoms with Gasteiger partial charge in [-0.1, -0.05) is 6.07 Å². The molecule has 3 N–H and O–H groups in total. The van der Waals surface area contributed by atoms with E-state index in [9.17, 15) is 4.39 Å². The zero-order valence-corrected chi connectivity index (χ0v) is 11.9. The number of anilines is 3. The molecule has 1 aliphatic rings. The van der Waals surface area contributed by atoms with Crippen LogP contribution in [-0.2, 0) is 0 Å². The molecule has 0 radical (unpaired) electrons. The van der Waals surface area contributed by atoms with Crippen LogP contribution in [0.2, 0.25) is 0 Å². The normalized spacial score (nSPS) is 14.0. The number of aryl methyl sites for hydroxylation is 1. The molecule has 110 valence electrons. The Morgan fingerprint density at radius 1 is 1.33 bits per heavy atom. The highest BCUT2D eigenvalue weighted by Crippen LogP contribution is 2.31. The van der Waals surface area contributed by atoms with Crippen LogP contribution < -0.4 is 15.8 Å². The Kier molecular flexibility index (Phi) is 3.64. The summed E-state index contributed by atoms with van der Waals surface area (Å²) in [6, 6.07) is 8.42. The number of nitrogen functional groups attached to an aromatic ring is 1. The van der Waals surface area contributed by atoms with Crippen LogP contribution in [0.5, 0.6) is 5.88 Å². The summed E-state index contributed by atoms with van der Waals surface area (Å²) in [7, 11) is 0. The third kappa shape index (κ3) is 3.42. The van der Waals surface area contributed by atoms with Crippen LogP contribution in [0.3, 0.4) is 0 Å². The van der Waals surface area contributed by atoms with Gasteiger partial charge in [-0.15, -0.1) is 0 Å². The average molecular weight is 287 g/mol. The predicted molar refractivity (Wildman–Crippen MR) is 81.3 cm³/mol. The molecule has 1 aromatic heterocycles. The third-order valence-corrected chi connectivity index (χ3v) is 3.43. The van der Waals surface area contributed by atoms with Crippen molar-refractivity contribution in [2.24, 2.45) is 5.92 Å². The van der Waals surface area contributed by atoms with Gasteiger partial charge >= 0.3 is 0 Å². The molecule has 1 saturated carbocycles. The Bertz CT molecular complexity index is 656. The van der Waals surface area contributed by atoms with E-state index in [2.05, 4.69) is 10.3 Å². The van der Waals surface area contributed by atoms with Gasteiger partial charge in [0.1, 0.15) is 11.6 Å². The number of aromatic nitrogens is 1. The Morgan fingerprint density at radius 3 is 2.86 bits per heavy atom. The van der Waals surface area contributed by atoms with Gasteiger partial charge < -0.3 is 15.8 Å². The van der Waals surface area contributed by atoms with Crippen LogP contribution in [0.4, 0.5) is 21.6 Å². The van der Waals surface area contributed by atoms with Gasteiger partial charge in [-0.05, 0) is 55.5 Å². The molecule has 1 fully saturated rings. The van der Waals surface area contributed by atoms with Crippen molar-refractivity contribution in [2.75, 3.05) is 17.7 Å². The first-order valence-corrected chi connectivity index (χ1v) is 7.04. The SMILES string of the molecule is Cc1ccc(Nc2ccc(N)c(OCC3CC3)n2)c(F)c1. The van der Waals surface area contributed by atoms with Crippen molar-refractivity contribution in [3.63, 3.8) is 0 Å². The second-order valence-corrected chi connectivity index (χ2v) is 5.45. The van der Waals surface area contributed by atoms with Crippen LogP contribution in [0.1, 0.15) is 18.4 Å². The largest absolute Gasteiger partial charge is 0.476 e. The second kappa shape index (κ2) is 5.60. The maximum absolute atomic E-state index is 13.8. The molecule has 4 nitrogen and oxygen atoms in total. The number of hydrogen-bond acceptors (Lipinski definition) is 4. The zero-order chi connectivity index (χ0) is 14.8. The summed E-state index contributed by atoms with van der Waals surface area (Å²) in [6.07, 6.45) is 2.40. The van der Waals surface area contributed by atoms with Crippen LogP contribution in [-0.4, -0.2) is 11.6 Å². The highest BCUT2D eigenvalue weighted by molar-refractivity contribution is 5.61. The molecule has 0 aliphatic heterocycles. The molecule has 0 atom stereocenters. The van der Waals surface area contributed by atoms with Crippen LogP contribution in [0.25, 0.3) is 0 Å². The van der Waals surface area contributed by atoms with Gasteiger partial charge in [0, 0.05) is 0 Å². The lowest BCUT2D eigenvalue weighted by Crippen LogP contribution is -2.05. The Labute approximate surface area is 123 Å². The number of halogens is 1. The summed E-state index contributed by atoms with van der Waals surface area (Å²) in [5, 5.41) is 2.95. The molecule has 1 heterocycles. The van der Waals surface area contributed by atoms with E-state index in [4.69, 9.17) is 10.5 Å². The van der Waals surface area contributed by atoms with Crippen molar-refractivity contribution >= 4 is 17.2 Å². The van der Waals surface area contributed by atoms with Crippen molar-refractivity contribution in [1.82, 2.24) is 4.98 Å². The van der Waals surface area contributed by atoms with E-state index in [1.54, 1.807) is 18.2 Å². The quantitative estimate of drug-likeness (QED) is 0.881. The van der Waals surface area contributed by atoms with Gasteiger partial charge in [0.25, 0.3) is 0 Å². The molecule has 0 saturated heterocycles. The lowest BCUT2D eigenvalue weighted by molar-refractivity contribution is 0.290. The summed E-state index contributed by atoms with van der Waals surface area (Å²) >= 11 is 0. The molecule has 0 unspecified atom stereocenters. The number of ether oxygens (including phenoxy) is 1. The summed E-state index contributed by atoms with van der Waals surface area (Å²) in [4.78, 5) is 4.31. The molecular formula is C16H18FN3O. The fourth-order valence-corrected chi connectivity index (χ4v) is 1.98. The average Bonchev–Trinajstić information content (AvgIpc) is 3.26. The topological polar surface area (TPSA) is 60.2 Å². The van der Waals surface area contributed by atoms with E-state index in [1.165, 1.54) is 18.9 Å². The maximum atomic E-state index is 13.8. The van der Waals surface area contributed by atoms with Crippen molar-refractivity contribution < 1.29 is 9.13 Å². The van der Waals surface area contributed by atoms with Crippen molar-refractivity contribution in [3.05, 3.63) is 41.7 Å². The van der Waals surface area contributed by atoms with Gasteiger partial charge in [-0.25, -0.2) is 4.39 Å². The monoisotopic (exact) mass is 287 g/mol. The second-order valence-electron chi connectivity index (χ2n) is 5.45. The molecule has 3 rings (SSSR count). The number of hydrogen-bond donors (Lipinski definition) is 2. The Hall–Kier alpha value is -2.30. The number of nitrogens with zero attached hydrogens (tertiary/aromatic N) is 1. The molecule has 2 aromatic rings. The minimum absolute atomic E-state index is 0.311. The van der Waals surface area contributed by atoms with E-state index in [-0.39, 0.29) is 5.82 Å². The third-order valence-electron chi connectivity index (χ3n) is 3.43. The zero-order valence-electron chi connectivity index (χ0n) is 11.9. The number of rotatable bonds is 5. The molecule has 0 amide bonds. The number of pyridine rings is 1. The molecule has 0 spiro atoms. The van der Waals surface area contributed by atoms with E-state index >= 15 is 0 Å². The highest BCUT2D eigenvalue weighted by atomic mass is 19.1. The van der Waals surface area contributed by atoms with E-state index in [0.29, 0.717) is 35.6 Å². The molecule has 0 bridgehead atoms. The summed E-state index contributed by atoms with van der Waals surface area (Å²) in [5.74, 6) is 1.23. The highest BCUT2D eigenvalue weighted by Gasteiger charge is 2.22. The van der Waals surface area contributed by atoms with E-state index in [0.717, 1.165) is 5.56 Å². The van der Waals surface area contributed by atoms with Crippen LogP contribution in [0, 0.1) is 18.7 Å². The van der Waals surface area contributed by atoms with E-state index in [1.807, 2.05) is 13.0 Å². The first-order valence-electron chi connectivity index (χ1n) is 7.04. The Balaban J connectivity index is 1.76. The number of nitrogens with one attached hydrogen (secondary N) is 1. The Morgan fingerprint density at radius 2 is 2.14 bits per heavy atom. The first-order chi connectivity index (χ1) is 10.1. The van der Waals surface area contributed by atoms with Crippen molar-refractivity contribution in [2.45, 2.75) is 19.8 Å². The van der Waals surface area contributed by atoms with E-state index < -0.39 is 0 Å². The van der Waals surface area contributed by atoms with Gasteiger partial charge in [0.15, 0.2) is 0 Å². The lowest BCUT2D eigenvalue weighted by atomic mass is 10.2. The fraction of sp³-hybridized carbons (Fsp3) is 0.312. The minimum Gasteiger partial charge on any atom is -0.476 e. The smallest absolute Gasteiger partial charge is 0.239 e. The van der Waals surface area contributed by atoms with Gasteiger partial charge in [0.05, 0.1) is 18.0 Å². The summed E-state index contributed by atoms with van der Waals surface area (Å²) < 4.78 is 19.5. The molecule has 21 heavy (non-hydrogen) atoms. The number of benzene rings is 1. The maximum Gasteiger partial charge on any atom is 0.239 e.